The summed E-state index contributed by atoms with van der Waals surface area (Å²) in [5, 5.41) is 0. The number of aromatic nitrogens is 2. The van der Waals surface area contributed by atoms with Crippen LogP contribution in [0.25, 0.3) is 11.4 Å². The summed E-state index contributed by atoms with van der Waals surface area (Å²) >= 11 is 0. The molecule has 0 saturated carbocycles. The molecule has 0 aliphatic rings. The quantitative estimate of drug-likeness (QED) is 0.877. The normalized spacial score (nSPS) is 10.3. The number of nitrogens with zero attached hydrogens (tertiary/aromatic N) is 2. The molecule has 0 unspecified atom stereocenters. The molecule has 0 saturated heterocycles. The summed E-state index contributed by atoms with van der Waals surface area (Å²) in [6.45, 7) is 0.278. The summed E-state index contributed by atoms with van der Waals surface area (Å²) in [6, 6.07) is 6.32. The van der Waals surface area contributed by atoms with Crippen molar-refractivity contribution in [3.05, 3.63) is 41.8 Å². The number of rotatable bonds is 3. The van der Waals surface area contributed by atoms with E-state index in [1.54, 1.807) is 24.4 Å². The van der Waals surface area contributed by atoms with E-state index >= 15 is 0 Å². The lowest BCUT2D eigenvalue weighted by Gasteiger charge is -2.07. The highest BCUT2D eigenvalue weighted by atomic mass is 19.1. The lowest BCUT2D eigenvalue weighted by molar-refractivity contribution is 0.392. The van der Waals surface area contributed by atoms with Gasteiger partial charge in [-0.15, -0.1) is 0 Å². The molecule has 0 fully saturated rings. The van der Waals surface area contributed by atoms with Crippen molar-refractivity contribution in [3.8, 4) is 17.3 Å². The molecular weight excluding hydrogens is 221 g/mol. The van der Waals surface area contributed by atoms with Crippen LogP contribution in [0.2, 0.25) is 0 Å². The number of benzene rings is 1. The molecule has 0 radical (unpaired) electrons. The molecule has 0 bridgehead atoms. The first kappa shape index (κ1) is 11.5. The van der Waals surface area contributed by atoms with Gasteiger partial charge in [0.2, 0.25) is 5.88 Å². The highest BCUT2D eigenvalue weighted by Crippen LogP contribution is 2.22. The van der Waals surface area contributed by atoms with E-state index < -0.39 is 0 Å². The van der Waals surface area contributed by atoms with E-state index in [1.807, 2.05) is 0 Å². The van der Waals surface area contributed by atoms with Crippen molar-refractivity contribution in [1.29, 1.82) is 0 Å². The molecule has 5 heteroatoms. The second-order valence-electron chi connectivity index (χ2n) is 3.41. The zero-order valence-corrected chi connectivity index (χ0v) is 9.35. The van der Waals surface area contributed by atoms with E-state index in [-0.39, 0.29) is 18.2 Å². The van der Waals surface area contributed by atoms with Crippen molar-refractivity contribution >= 4 is 0 Å². The van der Waals surface area contributed by atoms with Crippen LogP contribution in [0.1, 0.15) is 5.56 Å². The van der Waals surface area contributed by atoms with Gasteiger partial charge in [0.25, 0.3) is 0 Å². The number of methoxy groups -OCH3 is 1. The first-order valence-electron chi connectivity index (χ1n) is 5.11. The highest BCUT2D eigenvalue weighted by Gasteiger charge is 2.10. The van der Waals surface area contributed by atoms with Crippen molar-refractivity contribution < 1.29 is 9.13 Å². The summed E-state index contributed by atoms with van der Waals surface area (Å²) in [6.07, 6.45) is 1.55. The minimum Gasteiger partial charge on any atom is -0.481 e. The predicted octanol–water partition coefficient (Wildman–Crippen LogP) is 1.75. The third-order valence-corrected chi connectivity index (χ3v) is 2.35. The van der Waals surface area contributed by atoms with E-state index in [0.29, 0.717) is 17.0 Å². The van der Waals surface area contributed by atoms with E-state index in [2.05, 4.69) is 9.97 Å². The smallest absolute Gasteiger partial charge is 0.221 e. The molecule has 0 amide bonds. The van der Waals surface area contributed by atoms with Gasteiger partial charge in [0, 0.05) is 18.3 Å². The maximum atomic E-state index is 13.5. The van der Waals surface area contributed by atoms with Crippen LogP contribution in [0, 0.1) is 5.82 Å². The Balaban J connectivity index is 2.50. The van der Waals surface area contributed by atoms with Crippen LogP contribution in [-0.4, -0.2) is 17.1 Å². The Morgan fingerprint density at radius 1 is 1.35 bits per heavy atom. The van der Waals surface area contributed by atoms with Crippen molar-refractivity contribution in [3.63, 3.8) is 0 Å². The summed E-state index contributed by atoms with van der Waals surface area (Å²) in [5.41, 5.74) is 6.54. The molecule has 2 N–H and O–H groups in total. The summed E-state index contributed by atoms with van der Waals surface area (Å²) in [5.74, 6) is 0.299. The van der Waals surface area contributed by atoms with Crippen LogP contribution in [0.4, 0.5) is 4.39 Å². The summed E-state index contributed by atoms with van der Waals surface area (Å²) in [4.78, 5) is 8.22. The minimum absolute atomic E-state index is 0.278. The van der Waals surface area contributed by atoms with Crippen molar-refractivity contribution in [1.82, 2.24) is 9.97 Å². The molecule has 0 aliphatic carbocycles. The Bertz CT molecular complexity index is 531. The standard InChI is InChI=1S/C12H12FN3O/c1-17-12-8(6-14)7-15-11(16-12)9-4-2-3-5-10(9)13/h2-5,7H,6,14H2,1H3. The monoisotopic (exact) mass is 233 g/mol. The van der Waals surface area contributed by atoms with Crippen molar-refractivity contribution in [2.75, 3.05) is 7.11 Å². The van der Waals surface area contributed by atoms with Gasteiger partial charge in [-0.25, -0.2) is 9.37 Å². The van der Waals surface area contributed by atoms with Crippen LogP contribution < -0.4 is 10.5 Å². The van der Waals surface area contributed by atoms with Crippen LogP contribution in [0.15, 0.2) is 30.5 Å². The van der Waals surface area contributed by atoms with E-state index in [4.69, 9.17) is 10.5 Å². The zero-order chi connectivity index (χ0) is 12.3. The zero-order valence-electron chi connectivity index (χ0n) is 9.35. The Morgan fingerprint density at radius 2 is 2.12 bits per heavy atom. The van der Waals surface area contributed by atoms with Gasteiger partial charge in [0.1, 0.15) is 5.82 Å². The minimum atomic E-state index is -0.366. The number of nitrogens with two attached hydrogens (primary N) is 1. The van der Waals surface area contributed by atoms with E-state index in [9.17, 15) is 4.39 Å². The van der Waals surface area contributed by atoms with Gasteiger partial charge in [-0.1, -0.05) is 12.1 Å². The highest BCUT2D eigenvalue weighted by molar-refractivity contribution is 5.56. The maximum Gasteiger partial charge on any atom is 0.221 e. The second kappa shape index (κ2) is 4.88. The first-order chi connectivity index (χ1) is 8.26. The molecule has 2 rings (SSSR count). The maximum absolute atomic E-state index is 13.5. The molecule has 0 atom stereocenters. The van der Waals surface area contributed by atoms with Crippen LogP contribution in [0.5, 0.6) is 5.88 Å². The van der Waals surface area contributed by atoms with Gasteiger partial charge >= 0.3 is 0 Å². The Hall–Kier alpha value is -2.01. The van der Waals surface area contributed by atoms with Crippen LogP contribution >= 0.6 is 0 Å². The molecule has 17 heavy (non-hydrogen) atoms. The summed E-state index contributed by atoms with van der Waals surface area (Å²) < 4.78 is 18.6. The number of hydrogen-bond donors (Lipinski definition) is 1. The van der Waals surface area contributed by atoms with Gasteiger partial charge in [-0.2, -0.15) is 4.98 Å². The van der Waals surface area contributed by atoms with Crippen LogP contribution in [-0.2, 0) is 6.54 Å². The molecule has 88 valence electrons. The van der Waals surface area contributed by atoms with Gasteiger partial charge in [-0.05, 0) is 12.1 Å². The third kappa shape index (κ3) is 2.24. The molecule has 1 aromatic carbocycles. The molecule has 2 aromatic rings. The largest absolute Gasteiger partial charge is 0.481 e. The average Bonchev–Trinajstić information content (AvgIpc) is 2.38. The molecule has 0 spiro atoms. The second-order valence-corrected chi connectivity index (χ2v) is 3.41. The van der Waals surface area contributed by atoms with Crippen molar-refractivity contribution in [2.24, 2.45) is 5.73 Å². The van der Waals surface area contributed by atoms with Crippen LogP contribution in [0.3, 0.4) is 0 Å². The summed E-state index contributed by atoms with van der Waals surface area (Å²) in [7, 11) is 1.49. The lowest BCUT2D eigenvalue weighted by atomic mass is 10.2. The fourth-order valence-corrected chi connectivity index (χ4v) is 1.48. The first-order valence-corrected chi connectivity index (χ1v) is 5.11. The fourth-order valence-electron chi connectivity index (χ4n) is 1.48. The van der Waals surface area contributed by atoms with Gasteiger partial charge < -0.3 is 10.5 Å². The molecular formula is C12H12FN3O. The number of hydrogen-bond acceptors (Lipinski definition) is 4. The third-order valence-electron chi connectivity index (χ3n) is 2.35. The fraction of sp³-hybridized carbons (Fsp3) is 0.167. The van der Waals surface area contributed by atoms with Gasteiger partial charge in [0.05, 0.1) is 12.7 Å². The predicted molar refractivity (Wildman–Crippen MR) is 61.9 cm³/mol. The SMILES string of the molecule is COc1nc(-c2ccccc2F)ncc1CN. The average molecular weight is 233 g/mol. The topological polar surface area (TPSA) is 61.0 Å². The van der Waals surface area contributed by atoms with E-state index in [1.165, 1.54) is 13.2 Å². The number of halogens is 1. The van der Waals surface area contributed by atoms with Crippen molar-refractivity contribution in [2.45, 2.75) is 6.54 Å². The molecule has 1 aromatic heterocycles. The van der Waals surface area contributed by atoms with Gasteiger partial charge in [0.15, 0.2) is 5.82 Å². The lowest BCUT2D eigenvalue weighted by Crippen LogP contribution is -2.04. The Kier molecular flexibility index (Phi) is 3.30. The number of ether oxygens (including phenoxy) is 1. The van der Waals surface area contributed by atoms with Gasteiger partial charge in [-0.3, -0.25) is 0 Å². The Labute approximate surface area is 98.3 Å². The molecule has 4 nitrogen and oxygen atoms in total. The van der Waals surface area contributed by atoms with E-state index in [0.717, 1.165) is 0 Å². The molecule has 0 aliphatic heterocycles. The molecule has 1 heterocycles. The Morgan fingerprint density at radius 3 is 2.76 bits per heavy atom.